The maximum absolute atomic E-state index is 6.20. The molecular formula is C13H23NOSi. The van der Waals surface area contributed by atoms with Crippen LogP contribution >= 0.6 is 0 Å². The maximum atomic E-state index is 6.20. The fourth-order valence-electron chi connectivity index (χ4n) is 2.05. The SMILES string of the molecule is CC[Si](C)(CC(C)(C)C)Oc1cccnc1. The minimum Gasteiger partial charge on any atom is -0.543 e. The van der Waals surface area contributed by atoms with Crippen LogP contribution in [0.1, 0.15) is 27.7 Å². The van der Waals surface area contributed by atoms with Crippen LogP contribution < -0.4 is 4.43 Å². The molecule has 1 aromatic heterocycles. The summed E-state index contributed by atoms with van der Waals surface area (Å²) in [5, 5.41) is 0. The molecule has 16 heavy (non-hydrogen) atoms. The molecule has 1 rings (SSSR count). The van der Waals surface area contributed by atoms with Crippen molar-refractivity contribution >= 4 is 8.32 Å². The van der Waals surface area contributed by atoms with E-state index in [4.69, 9.17) is 4.43 Å². The summed E-state index contributed by atoms with van der Waals surface area (Å²) in [6.07, 6.45) is 3.59. The predicted octanol–water partition coefficient (Wildman–Crippen LogP) is 4.10. The van der Waals surface area contributed by atoms with Crippen LogP contribution in [0, 0.1) is 5.41 Å². The molecule has 0 N–H and O–H groups in total. The summed E-state index contributed by atoms with van der Waals surface area (Å²) in [5.74, 6) is 0.919. The molecule has 90 valence electrons. The summed E-state index contributed by atoms with van der Waals surface area (Å²) >= 11 is 0. The van der Waals surface area contributed by atoms with Gasteiger partial charge in [-0.05, 0) is 36.2 Å². The topological polar surface area (TPSA) is 22.1 Å². The normalized spacial score (nSPS) is 15.6. The number of aromatic nitrogens is 1. The van der Waals surface area contributed by atoms with E-state index in [0.29, 0.717) is 5.41 Å². The zero-order chi connectivity index (χ0) is 12.2. The fourth-order valence-corrected chi connectivity index (χ4v) is 5.45. The van der Waals surface area contributed by atoms with Crippen molar-refractivity contribution in [1.29, 1.82) is 0 Å². The van der Waals surface area contributed by atoms with Gasteiger partial charge in [0.15, 0.2) is 0 Å². The zero-order valence-corrected chi connectivity index (χ0v) is 12.1. The Labute approximate surface area is 100 Å². The van der Waals surface area contributed by atoms with Crippen LogP contribution in [-0.4, -0.2) is 13.3 Å². The van der Waals surface area contributed by atoms with Crippen molar-refractivity contribution in [1.82, 2.24) is 4.98 Å². The van der Waals surface area contributed by atoms with Crippen molar-refractivity contribution in [3.8, 4) is 5.75 Å². The van der Waals surface area contributed by atoms with Crippen LogP contribution in [0.15, 0.2) is 24.5 Å². The molecule has 2 nitrogen and oxygen atoms in total. The summed E-state index contributed by atoms with van der Waals surface area (Å²) in [6.45, 7) is 11.4. The van der Waals surface area contributed by atoms with Crippen molar-refractivity contribution in [2.24, 2.45) is 5.41 Å². The molecule has 0 fully saturated rings. The molecule has 0 aromatic carbocycles. The number of pyridine rings is 1. The molecule has 0 bridgehead atoms. The average molecular weight is 237 g/mol. The number of rotatable bonds is 4. The lowest BCUT2D eigenvalue weighted by Gasteiger charge is -2.33. The van der Waals surface area contributed by atoms with Crippen LogP contribution in [0.25, 0.3) is 0 Å². The molecule has 1 unspecified atom stereocenters. The molecule has 0 aliphatic rings. The van der Waals surface area contributed by atoms with Gasteiger partial charge in [0.1, 0.15) is 5.75 Å². The smallest absolute Gasteiger partial charge is 0.248 e. The Balaban J connectivity index is 2.74. The Hall–Kier alpha value is -0.833. The van der Waals surface area contributed by atoms with Gasteiger partial charge in [0.25, 0.3) is 0 Å². The second kappa shape index (κ2) is 5.00. The molecule has 0 saturated carbocycles. The highest BCUT2D eigenvalue weighted by molar-refractivity contribution is 6.73. The highest BCUT2D eigenvalue weighted by Gasteiger charge is 2.34. The summed E-state index contributed by atoms with van der Waals surface area (Å²) in [4.78, 5) is 4.10. The van der Waals surface area contributed by atoms with Crippen molar-refractivity contribution in [2.75, 3.05) is 0 Å². The van der Waals surface area contributed by atoms with E-state index < -0.39 is 8.32 Å². The lowest BCUT2D eigenvalue weighted by Crippen LogP contribution is -2.40. The minimum atomic E-state index is -1.64. The van der Waals surface area contributed by atoms with Crippen molar-refractivity contribution < 1.29 is 4.43 Å². The van der Waals surface area contributed by atoms with Gasteiger partial charge in [0, 0.05) is 6.20 Å². The summed E-state index contributed by atoms with van der Waals surface area (Å²) in [7, 11) is -1.64. The summed E-state index contributed by atoms with van der Waals surface area (Å²) in [5.41, 5.74) is 0.333. The van der Waals surface area contributed by atoms with E-state index >= 15 is 0 Å². The van der Waals surface area contributed by atoms with Crippen LogP contribution in [0.4, 0.5) is 0 Å². The third-order valence-corrected chi connectivity index (χ3v) is 6.68. The van der Waals surface area contributed by atoms with Gasteiger partial charge in [0.05, 0.1) is 6.20 Å². The minimum absolute atomic E-state index is 0.333. The molecule has 3 heteroatoms. The molecule has 1 atom stereocenters. The van der Waals surface area contributed by atoms with Gasteiger partial charge in [-0.1, -0.05) is 27.7 Å². The molecule has 0 saturated heterocycles. The van der Waals surface area contributed by atoms with E-state index in [2.05, 4.69) is 39.2 Å². The molecule has 0 amide bonds. The Morgan fingerprint density at radius 2 is 2.06 bits per heavy atom. The van der Waals surface area contributed by atoms with E-state index in [1.54, 1.807) is 6.20 Å². The molecule has 0 radical (unpaired) electrons. The maximum Gasteiger partial charge on any atom is 0.248 e. The Morgan fingerprint density at radius 3 is 2.50 bits per heavy atom. The first-order valence-electron chi connectivity index (χ1n) is 5.94. The first kappa shape index (κ1) is 13.2. The first-order valence-corrected chi connectivity index (χ1v) is 8.76. The standard InChI is InChI=1S/C13H23NOSi/c1-6-16(5,11-13(2,3)4)15-12-8-7-9-14-10-12/h7-10H,6,11H2,1-5H3. The third-order valence-electron chi connectivity index (χ3n) is 2.65. The molecule has 0 spiro atoms. The lowest BCUT2D eigenvalue weighted by molar-refractivity contribution is 0.423. The molecule has 1 heterocycles. The van der Waals surface area contributed by atoms with Crippen molar-refractivity contribution in [3.05, 3.63) is 24.5 Å². The van der Waals surface area contributed by atoms with Crippen LogP contribution in [0.3, 0.4) is 0 Å². The Bertz CT molecular complexity index is 320. The molecule has 1 aromatic rings. The molecule has 0 aliphatic carbocycles. The number of hydrogen-bond donors (Lipinski definition) is 0. The number of nitrogens with zero attached hydrogens (tertiary/aromatic N) is 1. The van der Waals surface area contributed by atoms with Crippen molar-refractivity contribution in [3.63, 3.8) is 0 Å². The van der Waals surface area contributed by atoms with Gasteiger partial charge in [-0.15, -0.1) is 0 Å². The van der Waals surface area contributed by atoms with Gasteiger partial charge >= 0.3 is 0 Å². The monoisotopic (exact) mass is 237 g/mol. The largest absolute Gasteiger partial charge is 0.543 e. The van der Waals surface area contributed by atoms with Gasteiger partial charge < -0.3 is 4.43 Å². The van der Waals surface area contributed by atoms with Crippen LogP contribution in [0.5, 0.6) is 5.75 Å². The van der Waals surface area contributed by atoms with E-state index in [9.17, 15) is 0 Å². The van der Waals surface area contributed by atoms with Crippen molar-refractivity contribution in [2.45, 2.75) is 46.3 Å². The number of hydrogen-bond acceptors (Lipinski definition) is 2. The van der Waals surface area contributed by atoms with E-state index in [1.807, 2.05) is 18.3 Å². The summed E-state index contributed by atoms with van der Waals surface area (Å²) in [6, 6.07) is 6.23. The summed E-state index contributed by atoms with van der Waals surface area (Å²) < 4.78 is 6.20. The van der Waals surface area contributed by atoms with E-state index in [0.717, 1.165) is 11.8 Å². The van der Waals surface area contributed by atoms with Gasteiger partial charge in [-0.2, -0.15) is 0 Å². The zero-order valence-electron chi connectivity index (χ0n) is 11.1. The third kappa shape index (κ3) is 4.35. The fraction of sp³-hybridized carbons (Fsp3) is 0.615. The average Bonchev–Trinajstić information content (AvgIpc) is 2.16. The highest BCUT2D eigenvalue weighted by atomic mass is 28.4. The van der Waals surface area contributed by atoms with Crippen LogP contribution in [0.2, 0.25) is 18.6 Å². The van der Waals surface area contributed by atoms with Gasteiger partial charge in [-0.25, -0.2) is 0 Å². The van der Waals surface area contributed by atoms with E-state index in [1.165, 1.54) is 6.04 Å². The molecule has 0 aliphatic heterocycles. The predicted molar refractivity (Wildman–Crippen MR) is 71.2 cm³/mol. The lowest BCUT2D eigenvalue weighted by atomic mass is 10.0. The second-order valence-corrected chi connectivity index (χ2v) is 10.00. The van der Waals surface area contributed by atoms with Crippen LogP contribution in [-0.2, 0) is 0 Å². The molecular weight excluding hydrogens is 214 g/mol. The second-order valence-electron chi connectivity index (χ2n) is 5.83. The Morgan fingerprint density at radius 1 is 1.38 bits per heavy atom. The van der Waals surface area contributed by atoms with Gasteiger partial charge in [-0.3, -0.25) is 4.98 Å². The quantitative estimate of drug-likeness (QED) is 0.735. The highest BCUT2D eigenvalue weighted by Crippen LogP contribution is 2.31. The van der Waals surface area contributed by atoms with Gasteiger partial charge in [0.2, 0.25) is 8.32 Å². The Kier molecular flexibility index (Phi) is 4.13. The van der Waals surface area contributed by atoms with E-state index in [-0.39, 0.29) is 0 Å². The first-order chi connectivity index (χ1) is 7.35.